The minimum atomic E-state index is 1.18. The van der Waals surface area contributed by atoms with E-state index in [0.717, 1.165) is 0 Å². The predicted molar refractivity (Wildman–Crippen MR) is 64.5 cm³/mol. The van der Waals surface area contributed by atoms with Crippen molar-refractivity contribution in [2.45, 2.75) is 26.3 Å². The van der Waals surface area contributed by atoms with Gasteiger partial charge in [-0.3, -0.25) is 0 Å². The van der Waals surface area contributed by atoms with Crippen LogP contribution < -0.4 is 5.32 Å². The molecule has 0 amide bonds. The molecular weight excluding hydrogens is 184 g/mol. The fourth-order valence-electron chi connectivity index (χ4n) is 2.69. The van der Waals surface area contributed by atoms with Crippen LogP contribution in [0.1, 0.15) is 17.7 Å². The second-order valence-corrected chi connectivity index (χ2v) is 4.36. The summed E-state index contributed by atoms with van der Waals surface area (Å²) in [6, 6.07) is 6.83. The van der Waals surface area contributed by atoms with Gasteiger partial charge >= 0.3 is 0 Å². The van der Waals surface area contributed by atoms with E-state index in [-0.39, 0.29) is 0 Å². The molecule has 0 bridgehead atoms. The summed E-state index contributed by atoms with van der Waals surface area (Å²) >= 11 is 0. The number of benzene rings is 1. The lowest BCUT2D eigenvalue weighted by Crippen LogP contribution is -2.08. The zero-order valence-corrected chi connectivity index (χ0v) is 9.30. The minimum Gasteiger partial charge on any atom is -0.388 e. The van der Waals surface area contributed by atoms with Crippen LogP contribution in [-0.2, 0) is 13.0 Å². The first-order chi connectivity index (χ1) is 7.29. The maximum absolute atomic E-state index is 3.24. The van der Waals surface area contributed by atoms with Gasteiger partial charge in [0, 0.05) is 30.4 Å². The Kier molecular flexibility index (Phi) is 1.78. The van der Waals surface area contributed by atoms with Gasteiger partial charge in [0.15, 0.2) is 0 Å². The third kappa shape index (κ3) is 1.17. The third-order valence-electron chi connectivity index (χ3n) is 3.39. The van der Waals surface area contributed by atoms with E-state index in [2.05, 4.69) is 35.0 Å². The number of anilines is 1. The molecule has 1 N–H and O–H groups in total. The van der Waals surface area contributed by atoms with Gasteiger partial charge in [0.1, 0.15) is 0 Å². The lowest BCUT2D eigenvalue weighted by atomic mass is 10.0. The van der Waals surface area contributed by atoms with E-state index < -0.39 is 0 Å². The lowest BCUT2D eigenvalue weighted by molar-refractivity contribution is 0.623. The van der Waals surface area contributed by atoms with Gasteiger partial charge < -0.3 is 9.88 Å². The molecule has 2 heterocycles. The summed E-state index contributed by atoms with van der Waals surface area (Å²) in [5.41, 5.74) is 5.57. The average Bonchev–Trinajstić information content (AvgIpc) is 2.58. The molecule has 78 valence electrons. The zero-order valence-electron chi connectivity index (χ0n) is 9.30. The number of aromatic nitrogens is 1. The molecule has 0 spiro atoms. The molecule has 0 fully saturated rings. The van der Waals surface area contributed by atoms with E-state index in [9.17, 15) is 0 Å². The minimum absolute atomic E-state index is 1.18. The van der Waals surface area contributed by atoms with Crippen LogP contribution in [0, 0.1) is 6.92 Å². The topological polar surface area (TPSA) is 17.0 Å². The van der Waals surface area contributed by atoms with Crippen LogP contribution in [0.15, 0.2) is 18.2 Å². The van der Waals surface area contributed by atoms with Crippen LogP contribution in [0.25, 0.3) is 10.9 Å². The molecule has 1 aromatic heterocycles. The fourth-order valence-corrected chi connectivity index (χ4v) is 2.69. The van der Waals surface area contributed by atoms with Crippen LogP contribution in [0.4, 0.5) is 5.69 Å². The van der Waals surface area contributed by atoms with Crippen LogP contribution >= 0.6 is 0 Å². The zero-order chi connectivity index (χ0) is 10.4. The quantitative estimate of drug-likeness (QED) is 0.749. The molecular formula is C13H16N2. The molecule has 0 saturated carbocycles. The predicted octanol–water partition coefficient (Wildman–Crippen LogP) is 2.94. The molecule has 0 aliphatic carbocycles. The highest BCUT2D eigenvalue weighted by Crippen LogP contribution is 2.31. The van der Waals surface area contributed by atoms with E-state index in [1.807, 2.05) is 7.05 Å². The van der Waals surface area contributed by atoms with Crippen LogP contribution in [0.2, 0.25) is 0 Å². The molecule has 15 heavy (non-hydrogen) atoms. The molecule has 1 aliphatic heterocycles. The Morgan fingerprint density at radius 1 is 1.27 bits per heavy atom. The second-order valence-electron chi connectivity index (χ2n) is 4.36. The maximum atomic E-state index is 3.24. The highest BCUT2D eigenvalue weighted by Gasteiger charge is 2.15. The Morgan fingerprint density at radius 2 is 2.13 bits per heavy atom. The Balaban J connectivity index is 2.39. The molecule has 0 saturated heterocycles. The number of aryl methyl sites for hydroxylation is 3. The molecule has 0 radical (unpaired) electrons. The van der Waals surface area contributed by atoms with Gasteiger partial charge in [-0.15, -0.1) is 0 Å². The Hall–Kier alpha value is -1.44. The Bertz CT molecular complexity index is 523. The van der Waals surface area contributed by atoms with Gasteiger partial charge in [-0.05, 0) is 43.5 Å². The lowest BCUT2D eigenvalue weighted by Gasteiger charge is -2.18. The van der Waals surface area contributed by atoms with Crippen molar-refractivity contribution >= 4 is 16.6 Å². The summed E-state index contributed by atoms with van der Waals surface area (Å²) < 4.78 is 2.45. The largest absolute Gasteiger partial charge is 0.388 e. The monoisotopic (exact) mass is 200 g/mol. The summed E-state index contributed by atoms with van der Waals surface area (Å²) in [6.07, 6.45) is 2.49. The highest BCUT2D eigenvalue weighted by atomic mass is 15.0. The van der Waals surface area contributed by atoms with Gasteiger partial charge in [-0.2, -0.15) is 0 Å². The molecule has 1 aromatic carbocycles. The molecule has 2 aromatic rings. The normalized spacial score (nSPS) is 14.5. The fraction of sp³-hybridized carbons (Fsp3) is 0.385. The first kappa shape index (κ1) is 8.84. The molecule has 2 heteroatoms. The summed E-state index contributed by atoms with van der Waals surface area (Å²) in [7, 11) is 1.99. The van der Waals surface area contributed by atoms with Crippen molar-refractivity contribution in [3.05, 3.63) is 29.5 Å². The number of nitrogens with one attached hydrogen (secondary N) is 1. The van der Waals surface area contributed by atoms with E-state index in [4.69, 9.17) is 0 Å². The van der Waals surface area contributed by atoms with Gasteiger partial charge in [0.2, 0.25) is 0 Å². The standard InChI is InChI=1S/C13H16N2/c1-9-6-11-8-12(14-2)7-10-4-3-5-15(9)13(10)11/h6-8,14H,3-5H2,1-2H3. The molecule has 0 atom stereocenters. The Labute approximate surface area is 89.9 Å². The summed E-state index contributed by atoms with van der Waals surface area (Å²) in [6.45, 7) is 3.38. The first-order valence-corrected chi connectivity index (χ1v) is 5.60. The SMILES string of the molecule is CNc1cc2c3c(c1)cc(C)n3CCC2. The summed E-state index contributed by atoms with van der Waals surface area (Å²) in [5.74, 6) is 0. The van der Waals surface area contributed by atoms with Crippen LogP contribution in [0.3, 0.4) is 0 Å². The van der Waals surface area contributed by atoms with Crippen molar-refractivity contribution in [3.8, 4) is 0 Å². The van der Waals surface area contributed by atoms with E-state index in [1.54, 1.807) is 0 Å². The van der Waals surface area contributed by atoms with Crippen molar-refractivity contribution < 1.29 is 0 Å². The van der Waals surface area contributed by atoms with Gasteiger partial charge in [-0.1, -0.05) is 0 Å². The van der Waals surface area contributed by atoms with Gasteiger partial charge in [-0.25, -0.2) is 0 Å². The number of hydrogen-bond donors (Lipinski definition) is 1. The highest BCUT2D eigenvalue weighted by molar-refractivity contribution is 5.88. The van der Waals surface area contributed by atoms with Crippen molar-refractivity contribution in [2.24, 2.45) is 0 Å². The van der Waals surface area contributed by atoms with Crippen LogP contribution in [-0.4, -0.2) is 11.6 Å². The van der Waals surface area contributed by atoms with E-state index in [1.165, 1.54) is 47.2 Å². The maximum Gasteiger partial charge on any atom is 0.0516 e. The van der Waals surface area contributed by atoms with Crippen molar-refractivity contribution in [1.82, 2.24) is 4.57 Å². The molecule has 3 rings (SSSR count). The summed E-state index contributed by atoms with van der Waals surface area (Å²) in [5, 5.41) is 4.62. The summed E-state index contributed by atoms with van der Waals surface area (Å²) in [4.78, 5) is 0. The van der Waals surface area contributed by atoms with Crippen molar-refractivity contribution in [3.63, 3.8) is 0 Å². The van der Waals surface area contributed by atoms with E-state index in [0.29, 0.717) is 0 Å². The molecule has 0 unspecified atom stereocenters. The van der Waals surface area contributed by atoms with Gasteiger partial charge in [0.05, 0.1) is 5.52 Å². The Morgan fingerprint density at radius 3 is 2.93 bits per heavy atom. The third-order valence-corrected chi connectivity index (χ3v) is 3.39. The van der Waals surface area contributed by atoms with E-state index >= 15 is 0 Å². The van der Waals surface area contributed by atoms with Crippen LogP contribution in [0.5, 0.6) is 0 Å². The van der Waals surface area contributed by atoms with Crippen molar-refractivity contribution in [1.29, 1.82) is 0 Å². The number of nitrogens with zero attached hydrogens (tertiary/aromatic N) is 1. The van der Waals surface area contributed by atoms with Crippen molar-refractivity contribution in [2.75, 3.05) is 12.4 Å². The first-order valence-electron chi connectivity index (χ1n) is 5.60. The number of rotatable bonds is 1. The molecule has 1 aliphatic rings. The number of hydrogen-bond acceptors (Lipinski definition) is 1. The smallest absolute Gasteiger partial charge is 0.0516 e. The molecule has 2 nitrogen and oxygen atoms in total. The second kappa shape index (κ2) is 3.02. The average molecular weight is 200 g/mol. The van der Waals surface area contributed by atoms with Gasteiger partial charge in [0.25, 0.3) is 0 Å².